The molecule has 3 rings (SSSR count). The van der Waals surface area contributed by atoms with Crippen LogP contribution in [0.5, 0.6) is 0 Å². The van der Waals surface area contributed by atoms with Crippen LogP contribution < -0.4 is 5.32 Å². The predicted molar refractivity (Wildman–Crippen MR) is 139 cm³/mol. The summed E-state index contributed by atoms with van der Waals surface area (Å²) in [5.74, 6) is 0. The van der Waals surface area contributed by atoms with E-state index in [0.717, 1.165) is 51.3 Å². The van der Waals surface area contributed by atoms with Crippen molar-refractivity contribution in [2.24, 2.45) is 7.05 Å². The Kier molecular flexibility index (Phi) is 14.4. The Labute approximate surface area is 202 Å². The van der Waals surface area contributed by atoms with E-state index < -0.39 is 0 Å². The number of amides is 2. The van der Waals surface area contributed by atoms with Crippen LogP contribution in [-0.2, 0) is 13.6 Å². The number of aromatic nitrogens is 2. The van der Waals surface area contributed by atoms with Crippen LogP contribution in [0.2, 0.25) is 0 Å². The van der Waals surface area contributed by atoms with Gasteiger partial charge in [-0.25, -0.2) is 9.78 Å². The number of rotatable bonds is 8. The minimum absolute atomic E-state index is 0.00826. The lowest BCUT2D eigenvalue weighted by Gasteiger charge is -2.43. The predicted octanol–water partition coefficient (Wildman–Crippen LogP) is 4.28. The normalized spacial score (nSPS) is 17.7. The Morgan fingerprint density at radius 3 is 2.24 bits per heavy atom. The number of urea groups is 1. The molecule has 3 heterocycles. The molecule has 2 aliphatic rings. The summed E-state index contributed by atoms with van der Waals surface area (Å²) >= 11 is 0. The van der Waals surface area contributed by atoms with Gasteiger partial charge in [-0.2, -0.15) is 0 Å². The minimum Gasteiger partial charge on any atom is -0.340 e. The molecule has 2 fully saturated rings. The number of piperidine rings is 2. The number of hydrogen-bond acceptors (Lipinski definition) is 4. The molecule has 2 amide bonds. The van der Waals surface area contributed by atoms with Gasteiger partial charge in [0.1, 0.15) is 0 Å². The van der Waals surface area contributed by atoms with Gasteiger partial charge in [0.15, 0.2) is 0 Å². The maximum absolute atomic E-state index is 12.5. The molecule has 1 aromatic heterocycles. The second-order valence-corrected chi connectivity index (χ2v) is 8.22. The van der Waals surface area contributed by atoms with Gasteiger partial charge >= 0.3 is 6.03 Å². The number of likely N-dealkylation sites (tertiary alicyclic amines) is 2. The van der Waals surface area contributed by atoms with Crippen LogP contribution >= 0.6 is 0 Å². The van der Waals surface area contributed by atoms with Crippen LogP contribution in [0.4, 0.5) is 4.79 Å². The van der Waals surface area contributed by atoms with E-state index in [1.165, 1.54) is 12.8 Å². The molecule has 7 nitrogen and oxygen atoms in total. The molecule has 33 heavy (non-hydrogen) atoms. The Balaban J connectivity index is 0.00000129. The summed E-state index contributed by atoms with van der Waals surface area (Å²) in [6, 6.07) is 0.947. The molecule has 0 unspecified atom stereocenters. The van der Waals surface area contributed by atoms with Crippen molar-refractivity contribution in [3.05, 3.63) is 43.5 Å². The fourth-order valence-electron chi connectivity index (χ4n) is 4.58. The van der Waals surface area contributed by atoms with Gasteiger partial charge in [0.2, 0.25) is 0 Å². The van der Waals surface area contributed by atoms with E-state index in [4.69, 9.17) is 0 Å². The summed E-state index contributed by atoms with van der Waals surface area (Å²) in [6.07, 6.45) is 12.0. The second kappa shape index (κ2) is 16.5. The van der Waals surface area contributed by atoms with Crippen LogP contribution in [0.25, 0.3) is 0 Å². The fourth-order valence-corrected chi connectivity index (χ4v) is 4.58. The van der Waals surface area contributed by atoms with Crippen LogP contribution in [0.1, 0.15) is 59.1 Å². The van der Waals surface area contributed by atoms with E-state index in [9.17, 15) is 4.79 Å². The van der Waals surface area contributed by atoms with Crippen LogP contribution in [0.3, 0.4) is 0 Å². The number of hydrogen-bond donors (Lipinski definition) is 1. The van der Waals surface area contributed by atoms with Crippen molar-refractivity contribution in [3.63, 3.8) is 0 Å². The van der Waals surface area contributed by atoms with E-state index >= 15 is 0 Å². The molecule has 0 atom stereocenters. The lowest BCUT2D eigenvalue weighted by atomic mass is 9.97. The fraction of sp³-hybridized carbons (Fsp3) is 0.692. The molecule has 2 aliphatic heterocycles. The molecular weight excluding hydrogens is 412 g/mol. The Bertz CT molecular complexity index is 672. The number of nitrogens with one attached hydrogen (secondary N) is 1. The van der Waals surface area contributed by atoms with Crippen LogP contribution in [-0.4, -0.2) is 81.6 Å². The second-order valence-electron chi connectivity index (χ2n) is 8.22. The molecule has 0 saturated carbocycles. The first kappa shape index (κ1) is 28.9. The zero-order valence-electron chi connectivity index (χ0n) is 21.8. The van der Waals surface area contributed by atoms with Gasteiger partial charge in [0.25, 0.3) is 0 Å². The summed E-state index contributed by atoms with van der Waals surface area (Å²) in [6.45, 7) is 21.9. The van der Waals surface area contributed by atoms with E-state index in [1.807, 2.05) is 56.6 Å². The first-order valence-electron chi connectivity index (χ1n) is 12.8. The van der Waals surface area contributed by atoms with Crippen molar-refractivity contribution in [2.75, 3.05) is 39.3 Å². The summed E-state index contributed by atoms with van der Waals surface area (Å²) < 4.78 is 2.01. The van der Waals surface area contributed by atoms with Crippen molar-refractivity contribution in [1.29, 1.82) is 0 Å². The van der Waals surface area contributed by atoms with Crippen LogP contribution in [0, 0.1) is 0 Å². The SMILES string of the molecule is C=CCNC(=O)N(CC=C)C1CCN(C2CCN(Cc3cn(C)cn3)CC2)CC1.CC.CC. The van der Waals surface area contributed by atoms with Crippen molar-refractivity contribution in [3.8, 4) is 0 Å². The van der Waals surface area contributed by atoms with Crippen molar-refractivity contribution in [1.82, 2.24) is 29.6 Å². The molecule has 1 aromatic rings. The smallest absolute Gasteiger partial charge is 0.318 e. The van der Waals surface area contributed by atoms with E-state index in [1.54, 1.807) is 6.08 Å². The van der Waals surface area contributed by atoms with Gasteiger partial charge in [-0.1, -0.05) is 39.8 Å². The Morgan fingerprint density at radius 2 is 1.73 bits per heavy atom. The minimum atomic E-state index is -0.00826. The standard InChI is InChI=1S/C22H36N6O.2C2H6/c1-4-10-23-22(29)28(11-5-2)21-8-14-27(15-9-21)20-6-12-26(13-7-20)17-19-16-25(3)18-24-19;2*1-2/h4-5,16,18,20-21H,1-2,6-15,17H2,3H3,(H,23,29);2*1-2H3. The zero-order valence-corrected chi connectivity index (χ0v) is 21.8. The van der Waals surface area contributed by atoms with E-state index in [0.29, 0.717) is 25.2 Å². The molecule has 0 aliphatic carbocycles. The summed E-state index contributed by atoms with van der Waals surface area (Å²) in [5.41, 5.74) is 1.16. The number of carbonyl (C=O) groups is 1. The van der Waals surface area contributed by atoms with Gasteiger partial charge < -0.3 is 19.7 Å². The molecule has 0 radical (unpaired) electrons. The average Bonchev–Trinajstić information content (AvgIpc) is 3.28. The van der Waals surface area contributed by atoms with Crippen molar-refractivity contribution in [2.45, 2.75) is 72.0 Å². The van der Waals surface area contributed by atoms with Gasteiger partial charge in [0, 0.05) is 71.1 Å². The highest BCUT2D eigenvalue weighted by molar-refractivity contribution is 5.74. The molecule has 0 aromatic carbocycles. The molecular formula is C26H48N6O. The maximum atomic E-state index is 12.5. The topological polar surface area (TPSA) is 56.6 Å². The lowest BCUT2D eigenvalue weighted by molar-refractivity contribution is 0.0636. The maximum Gasteiger partial charge on any atom is 0.318 e. The number of carbonyl (C=O) groups excluding carboxylic acids is 1. The third kappa shape index (κ3) is 9.33. The third-order valence-corrected chi connectivity index (χ3v) is 6.14. The highest BCUT2D eigenvalue weighted by Gasteiger charge is 2.31. The lowest BCUT2D eigenvalue weighted by Crippen LogP contribution is -2.53. The van der Waals surface area contributed by atoms with Crippen molar-refractivity contribution >= 4 is 6.03 Å². The van der Waals surface area contributed by atoms with E-state index in [-0.39, 0.29) is 6.03 Å². The Hall–Kier alpha value is -2.12. The highest BCUT2D eigenvalue weighted by Crippen LogP contribution is 2.24. The highest BCUT2D eigenvalue weighted by atomic mass is 16.2. The molecule has 188 valence electrons. The summed E-state index contributed by atoms with van der Waals surface area (Å²) in [4.78, 5) is 24.0. The average molecular weight is 461 g/mol. The summed E-state index contributed by atoms with van der Waals surface area (Å²) in [7, 11) is 2.02. The Morgan fingerprint density at radius 1 is 1.09 bits per heavy atom. The number of imidazole rings is 1. The summed E-state index contributed by atoms with van der Waals surface area (Å²) in [5, 5.41) is 2.91. The van der Waals surface area contributed by atoms with Gasteiger partial charge in [-0.05, 0) is 25.7 Å². The molecule has 2 saturated heterocycles. The molecule has 7 heteroatoms. The molecule has 0 spiro atoms. The zero-order chi connectivity index (χ0) is 24.6. The number of nitrogens with zero attached hydrogens (tertiary/aromatic N) is 5. The quantitative estimate of drug-likeness (QED) is 0.588. The third-order valence-electron chi connectivity index (χ3n) is 6.14. The molecule has 1 N–H and O–H groups in total. The van der Waals surface area contributed by atoms with E-state index in [2.05, 4.69) is 39.5 Å². The monoisotopic (exact) mass is 460 g/mol. The number of aryl methyl sites for hydroxylation is 1. The van der Waals surface area contributed by atoms with Gasteiger partial charge in [0.05, 0.1) is 12.0 Å². The van der Waals surface area contributed by atoms with Crippen molar-refractivity contribution < 1.29 is 4.79 Å². The largest absolute Gasteiger partial charge is 0.340 e. The van der Waals surface area contributed by atoms with Crippen LogP contribution in [0.15, 0.2) is 37.8 Å². The first-order chi connectivity index (χ1) is 16.1. The van der Waals surface area contributed by atoms with Gasteiger partial charge in [-0.15, -0.1) is 13.2 Å². The van der Waals surface area contributed by atoms with Gasteiger partial charge in [-0.3, -0.25) is 4.90 Å². The molecule has 0 bridgehead atoms. The first-order valence-corrected chi connectivity index (χ1v) is 12.8.